The quantitative estimate of drug-likeness (QED) is 0.264. The standard InChI is InChI=1S/C31H28/c1-4-22-15-17-26-27-18-16-25(21(2)3)20-29(27)31(24-13-9-6-10-14-24)30(28(26)19-22)23-11-7-5-8-12-23/h5-21H,4H2,1-3H3. The molecule has 0 radical (unpaired) electrons. The van der Waals surface area contributed by atoms with Crippen molar-refractivity contribution < 1.29 is 0 Å². The number of benzene rings is 5. The molecule has 5 aromatic rings. The molecule has 0 amide bonds. The molecule has 0 spiro atoms. The number of rotatable bonds is 4. The number of hydrogen-bond acceptors (Lipinski definition) is 0. The van der Waals surface area contributed by atoms with Crippen LogP contribution in [0, 0.1) is 0 Å². The van der Waals surface area contributed by atoms with Crippen molar-refractivity contribution in [3.8, 4) is 22.3 Å². The Morgan fingerprint density at radius 1 is 0.548 bits per heavy atom. The summed E-state index contributed by atoms with van der Waals surface area (Å²) >= 11 is 0. The summed E-state index contributed by atoms with van der Waals surface area (Å²) < 4.78 is 0. The lowest BCUT2D eigenvalue weighted by atomic mass is 9.83. The molecule has 0 unspecified atom stereocenters. The Hall–Kier alpha value is -3.38. The fourth-order valence-corrected chi connectivity index (χ4v) is 4.69. The Morgan fingerprint density at radius 3 is 1.58 bits per heavy atom. The second-order valence-corrected chi connectivity index (χ2v) is 8.68. The third kappa shape index (κ3) is 3.43. The average molecular weight is 401 g/mol. The average Bonchev–Trinajstić information content (AvgIpc) is 2.83. The molecule has 0 nitrogen and oxygen atoms in total. The number of fused-ring (bicyclic) bond motifs is 3. The fraction of sp³-hybridized carbons (Fsp3) is 0.161. The van der Waals surface area contributed by atoms with Crippen molar-refractivity contribution in [3.63, 3.8) is 0 Å². The first kappa shape index (κ1) is 19.6. The zero-order valence-corrected chi connectivity index (χ0v) is 18.5. The summed E-state index contributed by atoms with van der Waals surface area (Å²) in [5.41, 5.74) is 7.98. The molecule has 0 saturated carbocycles. The summed E-state index contributed by atoms with van der Waals surface area (Å²) in [5, 5.41) is 5.35. The first-order chi connectivity index (χ1) is 15.2. The van der Waals surface area contributed by atoms with Gasteiger partial charge in [0.15, 0.2) is 0 Å². The Kier molecular flexibility index (Phi) is 5.08. The fourth-order valence-electron chi connectivity index (χ4n) is 4.69. The van der Waals surface area contributed by atoms with Crippen LogP contribution in [0.1, 0.15) is 37.8 Å². The molecule has 0 aliphatic carbocycles. The van der Waals surface area contributed by atoms with Crippen LogP contribution in [0.25, 0.3) is 43.8 Å². The Labute approximate surface area is 185 Å². The third-order valence-electron chi connectivity index (χ3n) is 6.41. The van der Waals surface area contributed by atoms with Gasteiger partial charge in [-0.05, 0) is 67.3 Å². The second-order valence-electron chi connectivity index (χ2n) is 8.68. The molecule has 152 valence electrons. The van der Waals surface area contributed by atoms with Gasteiger partial charge < -0.3 is 0 Å². The predicted molar refractivity (Wildman–Crippen MR) is 136 cm³/mol. The van der Waals surface area contributed by atoms with Crippen molar-refractivity contribution in [1.82, 2.24) is 0 Å². The van der Waals surface area contributed by atoms with Gasteiger partial charge in [0.2, 0.25) is 0 Å². The highest BCUT2D eigenvalue weighted by Gasteiger charge is 2.18. The molecule has 0 aromatic heterocycles. The zero-order valence-electron chi connectivity index (χ0n) is 18.5. The molecule has 5 aromatic carbocycles. The van der Waals surface area contributed by atoms with Gasteiger partial charge >= 0.3 is 0 Å². The molecule has 0 fully saturated rings. The maximum atomic E-state index is 2.42. The van der Waals surface area contributed by atoms with Gasteiger partial charge in [-0.1, -0.05) is 118 Å². The maximum Gasteiger partial charge on any atom is -0.00202 e. The van der Waals surface area contributed by atoms with Crippen LogP contribution in [0.15, 0.2) is 97.1 Å². The summed E-state index contributed by atoms with van der Waals surface area (Å²) in [6, 6.07) is 35.9. The Bertz CT molecular complexity index is 1360. The van der Waals surface area contributed by atoms with E-state index in [2.05, 4.69) is 118 Å². The van der Waals surface area contributed by atoms with E-state index in [-0.39, 0.29) is 0 Å². The minimum absolute atomic E-state index is 0.492. The van der Waals surface area contributed by atoms with Crippen molar-refractivity contribution in [1.29, 1.82) is 0 Å². The van der Waals surface area contributed by atoms with Crippen LogP contribution in [-0.2, 0) is 6.42 Å². The normalized spacial score (nSPS) is 11.5. The summed E-state index contributed by atoms with van der Waals surface area (Å²) in [6.45, 7) is 6.78. The molecule has 0 saturated heterocycles. The Morgan fingerprint density at radius 2 is 1.06 bits per heavy atom. The lowest BCUT2D eigenvalue weighted by Gasteiger charge is -2.20. The van der Waals surface area contributed by atoms with Gasteiger partial charge in [-0.15, -0.1) is 0 Å². The highest BCUT2D eigenvalue weighted by atomic mass is 14.2. The van der Waals surface area contributed by atoms with E-state index in [1.165, 1.54) is 54.9 Å². The van der Waals surface area contributed by atoms with Crippen LogP contribution in [0.2, 0.25) is 0 Å². The first-order valence-electron chi connectivity index (χ1n) is 11.3. The molecule has 0 heterocycles. The van der Waals surface area contributed by atoms with E-state index in [0.717, 1.165) is 6.42 Å². The summed E-state index contributed by atoms with van der Waals surface area (Å²) in [7, 11) is 0. The van der Waals surface area contributed by atoms with E-state index in [9.17, 15) is 0 Å². The van der Waals surface area contributed by atoms with E-state index in [1.54, 1.807) is 0 Å². The van der Waals surface area contributed by atoms with E-state index in [1.807, 2.05) is 0 Å². The molecular formula is C31H28. The number of aryl methyl sites for hydroxylation is 1. The second kappa shape index (κ2) is 8.04. The zero-order chi connectivity index (χ0) is 21.4. The van der Waals surface area contributed by atoms with E-state index in [0.29, 0.717) is 5.92 Å². The van der Waals surface area contributed by atoms with Gasteiger partial charge in [0.25, 0.3) is 0 Å². The van der Waals surface area contributed by atoms with E-state index >= 15 is 0 Å². The summed E-state index contributed by atoms with van der Waals surface area (Å²) in [6.07, 6.45) is 1.04. The van der Waals surface area contributed by atoms with Crippen molar-refractivity contribution in [2.24, 2.45) is 0 Å². The molecule has 0 aliphatic rings. The van der Waals surface area contributed by atoms with Crippen LogP contribution in [0.5, 0.6) is 0 Å². The Balaban J connectivity index is 2.04. The van der Waals surface area contributed by atoms with Crippen LogP contribution in [0.4, 0.5) is 0 Å². The van der Waals surface area contributed by atoms with Crippen molar-refractivity contribution in [2.75, 3.05) is 0 Å². The van der Waals surface area contributed by atoms with Crippen LogP contribution < -0.4 is 0 Å². The minimum atomic E-state index is 0.492. The smallest absolute Gasteiger partial charge is 0.00202 e. The van der Waals surface area contributed by atoms with Gasteiger partial charge in [-0.2, -0.15) is 0 Å². The van der Waals surface area contributed by atoms with E-state index < -0.39 is 0 Å². The van der Waals surface area contributed by atoms with Gasteiger partial charge in [0.05, 0.1) is 0 Å². The summed E-state index contributed by atoms with van der Waals surface area (Å²) in [5.74, 6) is 0.492. The van der Waals surface area contributed by atoms with Gasteiger partial charge in [-0.25, -0.2) is 0 Å². The molecule has 0 N–H and O–H groups in total. The summed E-state index contributed by atoms with van der Waals surface area (Å²) in [4.78, 5) is 0. The lowest BCUT2D eigenvalue weighted by Crippen LogP contribution is -1.95. The van der Waals surface area contributed by atoms with Crippen LogP contribution in [0.3, 0.4) is 0 Å². The van der Waals surface area contributed by atoms with Crippen molar-refractivity contribution in [3.05, 3.63) is 108 Å². The predicted octanol–water partition coefficient (Wildman–Crippen LogP) is 9.01. The minimum Gasteiger partial charge on any atom is -0.0622 e. The topological polar surface area (TPSA) is 0 Å². The highest BCUT2D eigenvalue weighted by Crippen LogP contribution is 2.45. The molecule has 5 rings (SSSR count). The largest absolute Gasteiger partial charge is 0.0622 e. The van der Waals surface area contributed by atoms with Crippen molar-refractivity contribution in [2.45, 2.75) is 33.1 Å². The monoisotopic (exact) mass is 400 g/mol. The third-order valence-corrected chi connectivity index (χ3v) is 6.41. The molecular weight excluding hydrogens is 372 g/mol. The molecule has 31 heavy (non-hydrogen) atoms. The molecule has 0 atom stereocenters. The highest BCUT2D eigenvalue weighted by molar-refractivity contribution is 6.21. The van der Waals surface area contributed by atoms with Crippen LogP contribution >= 0.6 is 0 Å². The van der Waals surface area contributed by atoms with Gasteiger partial charge in [0, 0.05) is 0 Å². The molecule has 0 heteroatoms. The first-order valence-corrected chi connectivity index (χ1v) is 11.3. The molecule has 0 bridgehead atoms. The van der Waals surface area contributed by atoms with Gasteiger partial charge in [-0.3, -0.25) is 0 Å². The number of hydrogen-bond donors (Lipinski definition) is 0. The lowest BCUT2D eigenvalue weighted by molar-refractivity contribution is 0.869. The van der Waals surface area contributed by atoms with Crippen LogP contribution in [-0.4, -0.2) is 0 Å². The van der Waals surface area contributed by atoms with E-state index in [4.69, 9.17) is 0 Å². The van der Waals surface area contributed by atoms with Gasteiger partial charge in [0.1, 0.15) is 0 Å². The van der Waals surface area contributed by atoms with Crippen molar-refractivity contribution >= 4 is 21.5 Å². The molecule has 0 aliphatic heterocycles. The SMILES string of the molecule is CCc1ccc2c(c1)c(-c1ccccc1)c(-c1ccccc1)c1cc(C(C)C)ccc12. The maximum absolute atomic E-state index is 2.42.